The minimum atomic E-state index is -0.0344. The first-order valence-corrected chi connectivity index (χ1v) is 8.36. The Morgan fingerprint density at radius 3 is 2.48 bits per heavy atom. The molecule has 0 atom stereocenters. The predicted octanol–water partition coefficient (Wildman–Crippen LogP) is 3.45. The second kappa shape index (κ2) is 7.81. The Hall–Kier alpha value is -2.85. The third-order valence-electron chi connectivity index (χ3n) is 4.26. The first kappa shape index (κ1) is 17.0. The van der Waals surface area contributed by atoms with Crippen LogP contribution in [0.5, 0.6) is 0 Å². The summed E-state index contributed by atoms with van der Waals surface area (Å²) in [4.78, 5) is 14.4. The Morgan fingerprint density at radius 1 is 1.00 bits per heavy atom. The first-order chi connectivity index (χ1) is 12.2. The molecule has 25 heavy (non-hydrogen) atoms. The average Bonchev–Trinajstić information content (AvgIpc) is 2.63. The van der Waals surface area contributed by atoms with Gasteiger partial charge in [0.05, 0.1) is 13.0 Å². The number of aliphatic hydroxyl groups is 1. The summed E-state index contributed by atoms with van der Waals surface area (Å²) in [5.74, 6) is -0.0344. The van der Waals surface area contributed by atoms with Crippen molar-refractivity contribution in [2.45, 2.75) is 6.42 Å². The van der Waals surface area contributed by atoms with E-state index in [2.05, 4.69) is 17.4 Å². The number of carbonyl (C=O) groups is 1. The zero-order valence-corrected chi connectivity index (χ0v) is 14.3. The van der Waals surface area contributed by atoms with Crippen molar-refractivity contribution in [1.82, 2.24) is 0 Å². The largest absolute Gasteiger partial charge is 0.395 e. The molecule has 0 fully saturated rings. The molecule has 0 aliphatic carbocycles. The molecule has 1 amide bonds. The number of rotatable bonds is 6. The molecule has 0 saturated heterocycles. The smallest absolute Gasteiger partial charge is 0.228 e. The van der Waals surface area contributed by atoms with E-state index >= 15 is 0 Å². The van der Waals surface area contributed by atoms with E-state index in [0.29, 0.717) is 13.0 Å². The molecule has 0 spiro atoms. The van der Waals surface area contributed by atoms with Crippen molar-refractivity contribution in [3.63, 3.8) is 0 Å². The molecule has 0 unspecified atom stereocenters. The highest BCUT2D eigenvalue weighted by atomic mass is 16.3. The molecule has 4 heteroatoms. The van der Waals surface area contributed by atoms with Crippen LogP contribution in [0.3, 0.4) is 0 Å². The third kappa shape index (κ3) is 4.17. The van der Waals surface area contributed by atoms with Gasteiger partial charge in [-0.25, -0.2) is 0 Å². The molecule has 0 aliphatic rings. The van der Waals surface area contributed by atoms with Crippen LogP contribution >= 0.6 is 0 Å². The van der Waals surface area contributed by atoms with Crippen LogP contribution in [0, 0.1) is 0 Å². The topological polar surface area (TPSA) is 52.6 Å². The highest BCUT2D eigenvalue weighted by Gasteiger charge is 2.08. The average molecular weight is 334 g/mol. The number of aliphatic hydroxyl groups excluding tert-OH is 1. The van der Waals surface area contributed by atoms with Crippen LogP contribution in [-0.4, -0.2) is 31.2 Å². The molecular formula is C21H22N2O2. The Kier molecular flexibility index (Phi) is 5.31. The number of benzene rings is 3. The lowest BCUT2D eigenvalue weighted by molar-refractivity contribution is -0.115. The predicted molar refractivity (Wildman–Crippen MR) is 103 cm³/mol. The van der Waals surface area contributed by atoms with Gasteiger partial charge in [-0.1, -0.05) is 42.5 Å². The van der Waals surface area contributed by atoms with Crippen LogP contribution < -0.4 is 10.2 Å². The van der Waals surface area contributed by atoms with Gasteiger partial charge in [-0.05, 0) is 40.6 Å². The minimum absolute atomic E-state index is 0.0344. The van der Waals surface area contributed by atoms with Crippen LogP contribution in [0.1, 0.15) is 5.56 Å². The monoisotopic (exact) mass is 334 g/mol. The normalized spacial score (nSPS) is 10.6. The summed E-state index contributed by atoms with van der Waals surface area (Å²) in [5, 5.41) is 14.2. The van der Waals surface area contributed by atoms with Gasteiger partial charge < -0.3 is 15.3 Å². The summed E-state index contributed by atoms with van der Waals surface area (Å²) in [6.07, 6.45) is 0.341. The van der Waals surface area contributed by atoms with Gasteiger partial charge in [-0.15, -0.1) is 0 Å². The van der Waals surface area contributed by atoms with E-state index in [1.165, 1.54) is 0 Å². The summed E-state index contributed by atoms with van der Waals surface area (Å²) < 4.78 is 0. The summed E-state index contributed by atoms with van der Waals surface area (Å²) in [6.45, 7) is 0.687. The Labute approximate surface area is 147 Å². The number of hydrogen-bond donors (Lipinski definition) is 2. The Morgan fingerprint density at radius 2 is 1.72 bits per heavy atom. The molecule has 128 valence electrons. The lowest BCUT2D eigenvalue weighted by Gasteiger charge is -2.18. The van der Waals surface area contributed by atoms with Crippen molar-refractivity contribution < 1.29 is 9.90 Å². The van der Waals surface area contributed by atoms with Crippen molar-refractivity contribution in [1.29, 1.82) is 0 Å². The highest BCUT2D eigenvalue weighted by Crippen LogP contribution is 2.20. The highest BCUT2D eigenvalue weighted by molar-refractivity contribution is 5.96. The molecule has 0 saturated carbocycles. The van der Waals surface area contributed by atoms with Gasteiger partial charge in [-0.3, -0.25) is 4.79 Å². The summed E-state index contributed by atoms with van der Waals surface area (Å²) in [5.41, 5.74) is 2.79. The first-order valence-electron chi connectivity index (χ1n) is 8.36. The van der Waals surface area contributed by atoms with Gasteiger partial charge in [-0.2, -0.15) is 0 Å². The van der Waals surface area contributed by atoms with Crippen LogP contribution in [0.4, 0.5) is 11.4 Å². The standard InChI is InChI=1S/C21H22N2O2/c1-23(13-14-24)19-11-9-18(10-12-19)22-21(25)15-17-7-4-6-16-5-2-3-8-20(16)17/h2-12,24H,13-15H2,1H3,(H,22,25). The molecule has 0 aliphatic heterocycles. The number of nitrogens with one attached hydrogen (secondary N) is 1. The summed E-state index contributed by atoms with van der Waals surface area (Å²) >= 11 is 0. The van der Waals surface area contributed by atoms with Crippen LogP contribution in [0.2, 0.25) is 0 Å². The molecule has 3 rings (SSSR count). The molecule has 0 bridgehead atoms. The number of nitrogens with zero attached hydrogens (tertiary/aromatic N) is 1. The second-order valence-corrected chi connectivity index (χ2v) is 6.06. The second-order valence-electron chi connectivity index (χ2n) is 6.06. The van der Waals surface area contributed by atoms with E-state index in [4.69, 9.17) is 5.11 Å². The fourth-order valence-electron chi connectivity index (χ4n) is 2.90. The van der Waals surface area contributed by atoms with Crippen molar-refractivity contribution in [3.05, 3.63) is 72.3 Å². The van der Waals surface area contributed by atoms with Gasteiger partial charge >= 0.3 is 0 Å². The maximum Gasteiger partial charge on any atom is 0.228 e. The fourth-order valence-corrected chi connectivity index (χ4v) is 2.90. The molecule has 4 nitrogen and oxygen atoms in total. The third-order valence-corrected chi connectivity index (χ3v) is 4.26. The molecule has 0 radical (unpaired) electrons. The van der Waals surface area contributed by atoms with Gasteiger partial charge in [0.15, 0.2) is 0 Å². The quantitative estimate of drug-likeness (QED) is 0.726. The number of likely N-dealkylation sites (N-methyl/N-ethyl adjacent to an activating group) is 1. The molecule has 3 aromatic rings. The van der Waals surface area contributed by atoms with Gasteiger partial charge in [0.2, 0.25) is 5.91 Å². The number of hydrogen-bond acceptors (Lipinski definition) is 3. The van der Waals surface area contributed by atoms with E-state index in [1.54, 1.807) is 0 Å². The maximum absolute atomic E-state index is 12.4. The Bertz CT molecular complexity index is 854. The summed E-state index contributed by atoms with van der Waals surface area (Å²) in [7, 11) is 1.92. The van der Waals surface area contributed by atoms with E-state index in [9.17, 15) is 4.79 Å². The minimum Gasteiger partial charge on any atom is -0.395 e. The molecule has 0 aromatic heterocycles. The molecule has 0 heterocycles. The van der Waals surface area contributed by atoms with E-state index in [-0.39, 0.29) is 12.5 Å². The number of anilines is 2. The fraction of sp³-hybridized carbons (Fsp3) is 0.190. The van der Waals surface area contributed by atoms with E-state index in [0.717, 1.165) is 27.7 Å². The number of carbonyl (C=O) groups excluding carboxylic acids is 1. The van der Waals surface area contributed by atoms with Crippen molar-refractivity contribution >= 4 is 28.1 Å². The lowest BCUT2D eigenvalue weighted by atomic mass is 10.0. The zero-order chi connectivity index (χ0) is 17.6. The lowest BCUT2D eigenvalue weighted by Crippen LogP contribution is -2.21. The van der Waals surface area contributed by atoms with Gasteiger partial charge in [0.25, 0.3) is 0 Å². The number of amides is 1. The molecular weight excluding hydrogens is 312 g/mol. The zero-order valence-electron chi connectivity index (χ0n) is 14.3. The Balaban J connectivity index is 1.68. The van der Waals surface area contributed by atoms with Crippen LogP contribution in [0.15, 0.2) is 66.7 Å². The number of fused-ring (bicyclic) bond motifs is 1. The molecule has 2 N–H and O–H groups in total. The van der Waals surface area contributed by atoms with Crippen LogP contribution in [0.25, 0.3) is 10.8 Å². The van der Waals surface area contributed by atoms with Gasteiger partial charge in [0.1, 0.15) is 0 Å². The SMILES string of the molecule is CN(CCO)c1ccc(NC(=O)Cc2cccc3ccccc23)cc1. The van der Waals surface area contributed by atoms with Crippen molar-refractivity contribution in [3.8, 4) is 0 Å². The van der Waals surface area contributed by atoms with E-state index < -0.39 is 0 Å². The maximum atomic E-state index is 12.4. The van der Waals surface area contributed by atoms with Crippen molar-refractivity contribution in [2.24, 2.45) is 0 Å². The van der Waals surface area contributed by atoms with E-state index in [1.807, 2.05) is 66.5 Å². The summed E-state index contributed by atoms with van der Waals surface area (Å²) in [6, 6.07) is 21.7. The van der Waals surface area contributed by atoms with Gasteiger partial charge in [0, 0.05) is 25.0 Å². The molecule has 3 aromatic carbocycles. The van der Waals surface area contributed by atoms with Crippen LogP contribution in [-0.2, 0) is 11.2 Å². The van der Waals surface area contributed by atoms with Crippen molar-refractivity contribution in [2.75, 3.05) is 30.4 Å².